The van der Waals surface area contributed by atoms with E-state index in [1.54, 1.807) is 11.3 Å². The number of nitrogens with one attached hydrogen (secondary N) is 1. The molecule has 0 bridgehead atoms. The maximum absolute atomic E-state index is 12.7. The van der Waals surface area contributed by atoms with Crippen molar-refractivity contribution in [1.29, 1.82) is 0 Å². The maximum Gasteiger partial charge on any atom is 0.225 e. The highest BCUT2D eigenvalue weighted by Gasteiger charge is 2.50. The fourth-order valence-electron chi connectivity index (χ4n) is 3.75. The molecule has 0 saturated carbocycles. The van der Waals surface area contributed by atoms with Gasteiger partial charge in [-0.1, -0.05) is 0 Å². The summed E-state index contributed by atoms with van der Waals surface area (Å²) in [5.41, 5.74) is 0.0779. The normalized spacial score (nSPS) is 25.0. The Morgan fingerprint density at radius 2 is 2.32 bits per heavy atom. The summed E-state index contributed by atoms with van der Waals surface area (Å²) < 4.78 is 5.55. The van der Waals surface area contributed by atoms with Crippen molar-refractivity contribution in [2.45, 2.75) is 39.3 Å². The number of aromatic nitrogens is 1. The molecule has 0 aromatic carbocycles. The average Bonchev–Trinajstić information content (AvgIpc) is 3.08. The lowest BCUT2D eigenvalue weighted by atomic mass is 9.71. The molecule has 1 aromatic rings. The summed E-state index contributed by atoms with van der Waals surface area (Å²) in [6.07, 6.45) is 3.82. The number of ether oxygens (including phenoxy) is 1. The third-order valence-corrected chi connectivity index (χ3v) is 5.56. The van der Waals surface area contributed by atoms with E-state index in [2.05, 4.69) is 15.2 Å². The monoisotopic (exact) mass is 323 g/mol. The molecule has 1 amide bonds. The molecule has 6 heteroatoms. The van der Waals surface area contributed by atoms with Crippen LogP contribution in [0.4, 0.5) is 0 Å². The van der Waals surface area contributed by atoms with Crippen molar-refractivity contribution in [2.75, 3.05) is 26.3 Å². The van der Waals surface area contributed by atoms with E-state index in [0.717, 1.165) is 50.7 Å². The van der Waals surface area contributed by atoms with Crippen LogP contribution in [0.25, 0.3) is 0 Å². The van der Waals surface area contributed by atoms with E-state index in [9.17, 15) is 4.79 Å². The van der Waals surface area contributed by atoms with Crippen molar-refractivity contribution in [1.82, 2.24) is 15.2 Å². The van der Waals surface area contributed by atoms with Crippen LogP contribution in [0.1, 0.15) is 31.7 Å². The Bertz CT molecular complexity index is 497. The van der Waals surface area contributed by atoms with Crippen LogP contribution >= 0.6 is 11.3 Å². The summed E-state index contributed by atoms with van der Waals surface area (Å²) in [6.45, 7) is 8.26. The third kappa shape index (κ3) is 3.34. The lowest BCUT2D eigenvalue weighted by Gasteiger charge is -2.37. The Kier molecular flexibility index (Phi) is 4.80. The Hall–Kier alpha value is -0.980. The number of carbonyl (C=O) groups is 1. The fraction of sp³-hybridized carbons (Fsp3) is 0.750. The van der Waals surface area contributed by atoms with Gasteiger partial charge in [-0.3, -0.25) is 9.69 Å². The van der Waals surface area contributed by atoms with Gasteiger partial charge >= 0.3 is 0 Å². The summed E-state index contributed by atoms with van der Waals surface area (Å²) in [5, 5.41) is 6.26. The van der Waals surface area contributed by atoms with Gasteiger partial charge in [-0.05, 0) is 26.7 Å². The number of likely N-dealkylation sites (tertiary alicyclic amines) is 1. The van der Waals surface area contributed by atoms with Gasteiger partial charge in [0.1, 0.15) is 5.01 Å². The molecule has 5 nitrogen and oxygen atoms in total. The van der Waals surface area contributed by atoms with Crippen molar-refractivity contribution in [3.05, 3.63) is 16.6 Å². The standard InChI is InChI=1S/C16H25N3O2S/c1-12(2)18-15(20)13-9-19(10-14-17-5-8-22-14)11-16(13)3-6-21-7-4-16/h5,8,12-13H,3-4,6-7,9-11H2,1-2H3,(H,18,20)/t13-/m1/s1. The van der Waals surface area contributed by atoms with E-state index in [4.69, 9.17) is 4.74 Å². The van der Waals surface area contributed by atoms with Gasteiger partial charge in [0.25, 0.3) is 0 Å². The molecule has 2 fully saturated rings. The second kappa shape index (κ2) is 6.64. The zero-order chi connectivity index (χ0) is 15.6. The smallest absolute Gasteiger partial charge is 0.225 e. The maximum atomic E-state index is 12.7. The Balaban J connectivity index is 1.74. The summed E-state index contributed by atoms with van der Waals surface area (Å²) in [7, 11) is 0. The first-order chi connectivity index (χ1) is 10.6. The number of hydrogen-bond acceptors (Lipinski definition) is 5. The summed E-state index contributed by atoms with van der Waals surface area (Å²) >= 11 is 1.69. The van der Waals surface area contributed by atoms with Gasteiger partial charge in [-0.15, -0.1) is 11.3 Å². The summed E-state index contributed by atoms with van der Waals surface area (Å²) in [4.78, 5) is 19.5. The first kappa shape index (κ1) is 15.9. The van der Waals surface area contributed by atoms with Crippen molar-refractivity contribution in [3.63, 3.8) is 0 Å². The lowest BCUT2D eigenvalue weighted by Crippen LogP contribution is -2.46. The Morgan fingerprint density at radius 3 is 2.95 bits per heavy atom. The number of thiazole rings is 1. The van der Waals surface area contributed by atoms with Crippen LogP contribution in [0.3, 0.4) is 0 Å². The second-order valence-corrected chi connectivity index (χ2v) is 7.77. The molecular formula is C16H25N3O2S. The largest absolute Gasteiger partial charge is 0.381 e. The van der Waals surface area contributed by atoms with Crippen LogP contribution in [-0.2, 0) is 16.1 Å². The van der Waals surface area contributed by atoms with Gasteiger partial charge in [0.2, 0.25) is 5.91 Å². The quantitative estimate of drug-likeness (QED) is 0.919. The van der Waals surface area contributed by atoms with Crippen LogP contribution in [-0.4, -0.2) is 48.1 Å². The van der Waals surface area contributed by atoms with E-state index < -0.39 is 0 Å². The van der Waals surface area contributed by atoms with Crippen LogP contribution in [0, 0.1) is 11.3 Å². The molecule has 2 aliphatic rings. The lowest BCUT2D eigenvalue weighted by molar-refractivity contribution is -0.130. The minimum absolute atomic E-state index is 0.0683. The number of carbonyl (C=O) groups excluding carboxylic acids is 1. The summed E-state index contributed by atoms with van der Waals surface area (Å²) in [6, 6.07) is 0.192. The molecule has 122 valence electrons. The van der Waals surface area contributed by atoms with Crippen molar-refractivity contribution >= 4 is 17.2 Å². The predicted molar refractivity (Wildman–Crippen MR) is 86.6 cm³/mol. The SMILES string of the molecule is CC(C)NC(=O)[C@H]1CN(Cc2nccs2)CC12CCOCC2. The molecule has 2 saturated heterocycles. The van der Waals surface area contributed by atoms with E-state index >= 15 is 0 Å². The predicted octanol–water partition coefficient (Wildman–Crippen LogP) is 1.90. The van der Waals surface area contributed by atoms with Crippen molar-refractivity contribution < 1.29 is 9.53 Å². The molecule has 1 N–H and O–H groups in total. The molecule has 0 aliphatic carbocycles. The zero-order valence-corrected chi connectivity index (χ0v) is 14.2. The highest BCUT2D eigenvalue weighted by Crippen LogP contribution is 2.44. The molecule has 3 rings (SSSR count). The van der Waals surface area contributed by atoms with E-state index in [1.165, 1.54) is 0 Å². The van der Waals surface area contributed by atoms with Crippen LogP contribution in [0.5, 0.6) is 0 Å². The van der Waals surface area contributed by atoms with Crippen molar-refractivity contribution in [2.24, 2.45) is 11.3 Å². The third-order valence-electron chi connectivity index (χ3n) is 4.80. The topological polar surface area (TPSA) is 54.5 Å². The molecular weight excluding hydrogens is 298 g/mol. The summed E-state index contributed by atoms with van der Waals surface area (Å²) in [5.74, 6) is 0.275. The second-order valence-electron chi connectivity index (χ2n) is 6.79. The first-order valence-corrected chi connectivity index (χ1v) is 8.96. The highest BCUT2D eigenvalue weighted by atomic mass is 32.1. The molecule has 1 spiro atoms. The number of amides is 1. The minimum atomic E-state index is 0.0683. The van der Waals surface area contributed by atoms with Gasteiger partial charge < -0.3 is 10.1 Å². The number of hydrogen-bond donors (Lipinski definition) is 1. The molecule has 0 unspecified atom stereocenters. The molecule has 3 heterocycles. The van der Waals surface area contributed by atoms with Gasteiger partial charge in [0, 0.05) is 49.3 Å². The molecule has 1 atom stereocenters. The van der Waals surface area contributed by atoms with Gasteiger partial charge in [0.05, 0.1) is 12.5 Å². The van der Waals surface area contributed by atoms with Gasteiger partial charge in [-0.2, -0.15) is 0 Å². The minimum Gasteiger partial charge on any atom is -0.381 e. The zero-order valence-electron chi connectivity index (χ0n) is 13.4. The van der Waals surface area contributed by atoms with Gasteiger partial charge in [-0.25, -0.2) is 4.98 Å². The van der Waals surface area contributed by atoms with E-state index in [-0.39, 0.29) is 23.3 Å². The number of rotatable bonds is 4. The Labute approximate surface area is 136 Å². The van der Waals surface area contributed by atoms with Crippen LogP contribution in [0.15, 0.2) is 11.6 Å². The van der Waals surface area contributed by atoms with Crippen LogP contribution in [0.2, 0.25) is 0 Å². The molecule has 22 heavy (non-hydrogen) atoms. The highest BCUT2D eigenvalue weighted by molar-refractivity contribution is 7.09. The molecule has 0 radical (unpaired) electrons. The van der Waals surface area contributed by atoms with Crippen molar-refractivity contribution in [3.8, 4) is 0 Å². The van der Waals surface area contributed by atoms with Crippen LogP contribution < -0.4 is 5.32 Å². The molecule has 2 aliphatic heterocycles. The van der Waals surface area contributed by atoms with E-state index in [0.29, 0.717) is 0 Å². The van der Waals surface area contributed by atoms with E-state index in [1.807, 2.05) is 25.4 Å². The molecule has 1 aromatic heterocycles. The Morgan fingerprint density at radius 1 is 1.55 bits per heavy atom. The number of nitrogens with zero attached hydrogens (tertiary/aromatic N) is 2. The first-order valence-electron chi connectivity index (χ1n) is 8.08. The fourth-order valence-corrected chi connectivity index (χ4v) is 4.40. The average molecular weight is 323 g/mol. The van der Waals surface area contributed by atoms with Gasteiger partial charge in [0.15, 0.2) is 0 Å².